The van der Waals surface area contributed by atoms with Crippen LogP contribution in [0.3, 0.4) is 0 Å². The van der Waals surface area contributed by atoms with Crippen molar-refractivity contribution in [3.63, 3.8) is 0 Å². The summed E-state index contributed by atoms with van der Waals surface area (Å²) in [7, 11) is 0. The van der Waals surface area contributed by atoms with Gasteiger partial charge in [0.25, 0.3) is 0 Å². The van der Waals surface area contributed by atoms with Crippen LogP contribution in [0.15, 0.2) is 85.1 Å². The fourth-order valence-corrected chi connectivity index (χ4v) is 8.74. The van der Waals surface area contributed by atoms with Crippen LogP contribution in [0.1, 0.15) is 252 Å². The number of hydrogen-bond acceptors (Lipinski definition) is 11. The molecule has 1 saturated heterocycles. The zero-order chi connectivity index (χ0) is 56.1. The number of hydrogen-bond donors (Lipinski definition) is 3. The van der Waals surface area contributed by atoms with Crippen molar-refractivity contribution < 1.29 is 58.2 Å². The van der Waals surface area contributed by atoms with Crippen LogP contribution >= 0.6 is 0 Å². The Hall–Kier alpha value is -4.10. The largest absolute Gasteiger partial charge is 0.479 e. The van der Waals surface area contributed by atoms with Crippen LogP contribution in [-0.4, -0.2) is 89.2 Å². The van der Waals surface area contributed by atoms with E-state index in [1.165, 1.54) is 83.5 Å². The van der Waals surface area contributed by atoms with Crippen molar-refractivity contribution in [2.45, 2.75) is 289 Å². The summed E-state index contributed by atoms with van der Waals surface area (Å²) in [6, 6.07) is 0. The molecule has 12 heteroatoms. The Morgan fingerprint density at radius 3 is 1.34 bits per heavy atom. The van der Waals surface area contributed by atoms with E-state index in [1.54, 1.807) is 0 Å². The van der Waals surface area contributed by atoms with E-state index in [0.717, 1.165) is 103 Å². The van der Waals surface area contributed by atoms with Crippen molar-refractivity contribution >= 4 is 23.9 Å². The molecule has 1 fully saturated rings. The summed E-state index contributed by atoms with van der Waals surface area (Å²) in [5.74, 6) is -3.20. The average molecular weight is 1080 g/mol. The minimum atomic E-state index is -1.92. The summed E-state index contributed by atoms with van der Waals surface area (Å²) < 4.78 is 28.4. The Labute approximate surface area is 467 Å². The van der Waals surface area contributed by atoms with Crippen molar-refractivity contribution in [3.05, 3.63) is 85.1 Å². The first-order chi connectivity index (χ1) is 37.6. The van der Waals surface area contributed by atoms with E-state index in [-0.39, 0.29) is 25.9 Å². The molecule has 1 aliphatic heterocycles. The van der Waals surface area contributed by atoms with Crippen LogP contribution < -0.4 is 0 Å². The molecule has 440 valence electrons. The maximum Gasteiger partial charge on any atom is 0.335 e. The van der Waals surface area contributed by atoms with Gasteiger partial charge in [0.15, 0.2) is 24.6 Å². The zero-order valence-electron chi connectivity index (χ0n) is 48.4. The summed E-state index contributed by atoms with van der Waals surface area (Å²) >= 11 is 0. The second-order valence-electron chi connectivity index (χ2n) is 20.6. The number of carbonyl (C=O) groups excluding carboxylic acids is 3. The van der Waals surface area contributed by atoms with Gasteiger partial charge in [-0.25, -0.2) is 4.79 Å². The highest BCUT2D eigenvalue weighted by molar-refractivity contribution is 5.74. The third kappa shape index (κ3) is 42.5. The highest BCUT2D eigenvalue weighted by Gasteiger charge is 2.50. The van der Waals surface area contributed by atoms with Crippen molar-refractivity contribution in [2.75, 3.05) is 13.2 Å². The Morgan fingerprint density at radius 1 is 0.442 bits per heavy atom. The maximum absolute atomic E-state index is 13.1. The molecule has 6 atom stereocenters. The molecule has 1 rings (SSSR count). The van der Waals surface area contributed by atoms with E-state index < -0.39 is 67.3 Å². The molecule has 0 aromatic rings. The standard InChI is InChI=1S/C65H108O12/c1-4-7-10-13-16-19-22-25-27-28-29-30-32-34-36-39-42-45-48-51-57(66)73-54-56(75-58(67)52-49-46-43-40-37-33-24-21-18-15-12-9-6-3)55-74-65-63(61(70)60(69)62(77-65)64(71)72)76-59(68)53-50-47-44-41-38-35-31-26-23-20-17-14-11-8-5-2/h8,11-12,15,17,20-21,24-27,31,38,41,56,60-63,65,69-70H,4-7,9-10,13-14,16,18-19,22-23,28-30,32-37,39-40,42-55H2,1-3H3,(H,71,72)/b11-8-,15-12-,20-17-,24-21-,27-25-,31-26-,41-38-. The number of aliphatic carboxylic acids is 1. The molecule has 1 aliphatic rings. The first-order valence-electron chi connectivity index (χ1n) is 30.6. The maximum atomic E-state index is 13.1. The number of aliphatic hydroxyl groups excluding tert-OH is 2. The van der Waals surface area contributed by atoms with E-state index >= 15 is 0 Å². The van der Waals surface area contributed by atoms with E-state index in [0.29, 0.717) is 25.7 Å². The third-order valence-corrected chi connectivity index (χ3v) is 13.4. The van der Waals surface area contributed by atoms with Gasteiger partial charge in [-0.15, -0.1) is 0 Å². The van der Waals surface area contributed by atoms with Gasteiger partial charge < -0.3 is 39.0 Å². The normalized spacial score (nSPS) is 18.6. The quantitative estimate of drug-likeness (QED) is 0.0228. The summed E-state index contributed by atoms with van der Waals surface area (Å²) in [6.07, 6.45) is 55.6. The molecule has 0 saturated carbocycles. The molecule has 0 spiro atoms. The van der Waals surface area contributed by atoms with Crippen LogP contribution in [0.5, 0.6) is 0 Å². The number of ether oxygens (including phenoxy) is 5. The van der Waals surface area contributed by atoms with Crippen LogP contribution in [0.2, 0.25) is 0 Å². The van der Waals surface area contributed by atoms with Gasteiger partial charge in [-0.05, 0) is 109 Å². The molecule has 77 heavy (non-hydrogen) atoms. The molecular weight excluding hydrogens is 973 g/mol. The fraction of sp³-hybridized carbons (Fsp3) is 0.723. The average Bonchev–Trinajstić information content (AvgIpc) is 3.42. The van der Waals surface area contributed by atoms with Crippen molar-refractivity contribution in [3.8, 4) is 0 Å². The van der Waals surface area contributed by atoms with Gasteiger partial charge in [0.1, 0.15) is 18.8 Å². The van der Waals surface area contributed by atoms with Crippen LogP contribution in [-0.2, 0) is 42.9 Å². The third-order valence-electron chi connectivity index (χ3n) is 13.4. The number of carbonyl (C=O) groups is 4. The minimum Gasteiger partial charge on any atom is -0.479 e. The summed E-state index contributed by atoms with van der Waals surface area (Å²) in [6.45, 7) is 5.78. The lowest BCUT2D eigenvalue weighted by Crippen LogP contribution is -2.61. The van der Waals surface area contributed by atoms with Gasteiger partial charge in [-0.2, -0.15) is 0 Å². The highest BCUT2D eigenvalue weighted by Crippen LogP contribution is 2.26. The minimum absolute atomic E-state index is 0.00381. The van der Waals surface area contributed by atoms with E-state index in [9.17, 15) is 34.5 Å². The molecule has 0 radical (unpaired) electrons. The number of unbranched alkanes of at least 4 members (excludes halogenated alkanes) is 23. The lowest BCUT2D eigenvalue weighted by molar-refractivity contribution is -0.301. The fourth-order valence-electron chi connectivity index (χ4n) is 8.74. The molecule has 1 heterocycles. The Morgan fingerprint density at radius 2 is 0.844 bits per heavy atom. The predicted octanol–water partition coefficient (Wildman–Crippen LogP) is 15.9. The van der Waals surface area contributed by atoms with E-state index in [4.69, 9.17) is 23.7 Å². The number of carboxylic acid groups (broad SMARTS) is 1. The summed E-state index contributed by atoms with van der Waals surface area (Å²) in [5, 5.41) is 31.5. The predicted molar refractivity (Wildman–Crippen MR) is 312 cm³/mol. The molecule has 0 aromatic carbocycles. The number of carboxylic acids is 1. The first kappa shape index (κ1) is 70.9. The molecule has 0 bridgehead atoms. The van der Waals surface area contributed by atoms with Gasteiger partial charge in [-0.3, -0.25) is 14.4 Å². The number of aliphatic hydroxyl groups is 2. The smallest absolute Gasteiger partial charge is 0.335 e. The molecule has 0 aromatic heterocycles. The topological polar surface area (TPSA) is 175 Å². The van der Waals surface area contributed by atoms with Crippen LogP contribution in [0, 0.1) is 0 Å². The van der Waals surface area contributed by atoms with Gasteiger partial charge in [0, 0.05) is 19.3 Å². The molecule has 0 amide bonds. The van der Waals surface area contributed by atoms with Crippen LogP contribution in [0.4, 0.5) is 0 Å². The molecule has 12 nitrogen and oxygen atoms in total. The van der Waals surface area contributed by atoms with Crippen molar-refractivity contribution in [1.29, 1.82) is 0 Å². The molecule has 0 aliphatic carbocycles. The first-order valence-corrected chi connectivity index (χ1v) is 30.6. The number of rotatable bonds is 51. The Bertz CT molecular complexity index is 1660. The zero-order valence-corrected chi connectivity index (χ0v) is 48.4. The number of esters is 3. The van der Waals surface area contributed by atoms with Crippen molar-refractivity contribution in [1.82, 2.24) is 0 Å². The van der Waals surface area contributed by atoms with Crippen LogP contribution in [0.25, 0.3) is 0 Å². The van der Waals surface area contributed by atoms with Gasteiger partial charge in [0.05, 0.1) is 6.61 Å². The Balaban J connectivity index is 2.69. The van der Waals surface area contributed by atoms with E-state index in [2.05, 4.69) is 106 Å². The van der Waals surface area contributed by atoms with Gasteiger partial charge in [-0.1, -0.05) is 209 Å². The SMILES string of the molecule is CC/C=C\C/C=C\C/C=C\C/C=C\CCCCC(=O)OC1C(OCC(COC(=O)CCCCCCCCCCC/C=C\CCCCCCCC)OC(=O)CCCCCCC/C=C\C/C=C\CCC)OC(C(=O)O)C(O)C1O. The monoisotopic (exact) mass is 1080 g/mol. The highest BCUT2D eigenvalue weighted by atomic mass is 16.7. The summed E-state index contributed by atoms with van der Waals surface area (Å²) in [5.41, 5.74) is 0. The number of allylic oxidation sites excluding steroid dienone is 14. The van der Waals surface area contributed by atoms with Gasteiger partial charge in [0.2, 0.25) is 0 Å². The Kier molecular flexibility index (Phi) is 48.4. The molecule has 6 unspecified atom stereocenters. The lowest BCUT2D eigenvalue weighted by atomic mass is 9.98. The second-order valence-corrected chi connectivity index (χ2v) is 20.6. The van der Waals surface area contributed by atoms with Gasteiger partial charge >= 0.3 is 23.9 Å². The summed E-state index contributed by atoms with van der Waals surface area (Å²) in [4.78, 5) is 51.1. The second kappa shape index (κ2) is 52.6. The lowest BCUT2D eigenvalue weighted by Gasteiger charge is -2.40. The molecular formula is C65H108O12. The van der Waals surface area contributed by atoms with E-state index in [1.807, 2.05) is 0 Å². The van der Waals surface area contributed by atoms with Crippen molar-refractivity contribution in [2.24, 2.45) is 0 Å². The molecule has 3 N–H and O–H groups in total.